The van der Waals surface area contributed by atoms with Crippen molar-refractivity contribution in [2.75, 3.05) is 13.2 Å². The van der Waals surface area contributed by atoms with Crippen molar-refractivity contribution in [2.24, 2.45) is 0 Å². The first-order valence-electron chi connectivity index (χ1n) is 8.28. The molecule has 2 N–H and O–H groups in total. The van der Waals surface area contributed by atoms with Crippen molar-refractivity contribution in [3.63, 3.8) is 0 Å². The summed E-state index contributed by atoms with van der Waals surface area (Å²) in [7, 11) is 0. The van der Waals surface area contributed by atoms with E-state index in [0.29, 0.717) is 11.6 Å². The Hall–Kier alpha value is -3.24. The lowest BCUT2D eigenvalue weighted by Gasteiger charge is -2.10. The van der Waals surface area contributed by atoms with Crippen LogP contribution in [-0.2, 0) is 11.3 Å². The van der Waals surface area contributed by atoms with E-state index in [1.165, 1.54) is 18.3 Å². The Labute approximate surface area is 162 Å². The second-order valence-corrected chi connectivity index (χ2v) is 5.81. The zero-order valence-electron chi connectivity index (χ0n) is 14.9. The molecule has 0 aliphatic rings. The fourth-order valence-electron chi connectivity index (χ4n) is 2.14. The summed E-state index contributed by atoms with van der Waals surface area (Å²) in [5, 5.41) is 4.84. The van der Waals surface area contributed by atoms with Gasteiger partial charge in [0, 0.05) is 37.8 Å². The second-order valence-electron chi connectivity index (χ2n) is 5.81. The van der Waals surface area contributed by atoms with Crippen LogP contribution in [0.15, 0.2) is 36.5 Å². The quantitative estimate of drug-likeness (QED) is 0.648. The Morgan fingerprint density at radius 1 is 1.07 bits per heavy atom. The minimum atomic E-state index is -4.49. The number of hydrogen-bond acceptors (Lipinski definition) is 4. The minimum absolute atomic E-state index is 0.00423. The predicted molar refractivity (Wildman–Crippen MR) is 90.9 cm³/mol. The van der Waals surface area contributed by atoms with Gasteiger partial charge in [-0.25, -0.2) is 13.8 Å². The summed E-state index contributed by atoms with van der Waals surface area (Å²) >= 11 is 0. The number of nitrogens with one attached hydrogen (secondary N) is 2. The van der Waals surface area contributed by atoms with Crippen molar-refractivity contribution in [3.8, 4) is 5.88 Å². The number of nitrogens with zero attached hydrogens (tertiary/aromatic N) is 1. The summed E-state index contributed by atoms with van der Waals surface area (Å²) in [6.45, 7) is -1.58. The lowest BCUT2D eigenvalue weighted by Crippen LogP contribution is -2.31. The van der Waals surface area contributed by atoms with Crippen LogP contribution in [0.4, 0.5) is 22.0 Å². The summed E-state index contributed by atoms with van der Waals surface area (Å²) in [5.74, 6) is -3.33. The third-order valence-electron chi connectivity index (χ3n) is 3.49. The van der Waals surface area contributed by atoms with Crippen molar-refractivity contribution in [3.05, 3.63) is 59.3 Å². The Kier molecular flexibility index (Phi) is 7.46. The van der Waals surface area contributed by atoms with Crippen LogP contribution in [0.2, 0.25) is 0 Å². The van der Waals surface area contributed by atoms with Crippen LogP contribution >= 0.6 is 0 Å². The highest BCUT2D eigenvalue weighted by Crippen LogP contribution is 2.17. The smallest absolute Gasteiger partial charge is 0.422 e. The average Bonchev–Trinajstić information content (AvgIpc) is 2.64. The summed E-state index contributed by atoms with van der Waals surface area (Å²) in [6.07, 6.45) is -3.38. The number of alkyl halides is 3. The van der Waals surface area contributed by atoms with E-state index in [2.05, 4.69) is 20.4 Å². The minimum Gasteiger partial charge on any atom is -0.468 e. The molecule has 29 heavy (non-hydrogen) atoms. The van der Waals surface area contributed by atoms with Gasteiger partial charge in [-0.15, -0.1) is 0 Å². The molecule has 2 amide bonds. The highest BCUT2D eigenvalue weighted by molar-refractivity contribution is 5.94. The Balaban J connectivity index is 1.75. The first-order chi connectivity index (χ1) is 13.6. The summed E-state index contributed by atoms with van der Waals surface area (Å²) < 4.78 is 67.3. The number of pyridine rings is 1. The molecule has 0 radical (unpaired) electrons. The standard InChI is InChI=1S/C18H16F5N3O3/c19-12-1-2-13(14(20)8-12)17(28)25-6-4-15(27)26-9-11-3-5-24-16(7-11)29-10-18(21,22)23/h1-3,5,7-8H,4,6,9-10H2,(H,25,28)(H,26,27). The SMILES string of the molecule is O=C(CCNC(=O)c1ccc(F)cc1F)NCc1ccnc(OCC(F)(F)F)c1. The van der Waals surface area contributed by atoms with Gasteiger partial charge in [0.2, 0.25) is 11.8 Å². The van der Waals surface area contributed by atoms with Gasteiger partial charge in [0.25, 0.3) is 5.91 Å². The van der Waals surface area contributed by atoms with Crippen LogP contribution in [0.5, 0.6) is 5.88 Å². The molecule has 0 saturated carbocycles. The van der Waals surface area contributed by atoms with Crippen molar-refractivity contribution in [2.45, 2.75) is 19.1 Å². The number of halogens is 5. The van der Waals surface area contributed by atoms with Crippen LogP contribution in [0.3, 0.4) is 0 Å². The molecule has 0 atom stereocenters. The first-order valence-corrected chi connectivity index (χ1v) is 8.28. The molecule has 1 heterocycles. The molecule has 11 heteroatoms. The predicted octanol–water partition coefficient (Wildman–Crippen LogP) is 2.74. The summed E-state index contributed by atoms with van der Waals surface area (Å²) in [4.78, 5) is 27.3. The van der Waals surface area contributed by atoms with Gasteiger partial charge >= 0.3 is 6.18 Å². The normalized spacial score (nSPS) is 11.1. The monoisotopic (exact) mass is 417 g/mol. The largest absolute Gasteiger partial charge is 0.468 e. The lowest BCUT2D eigenvalue weighted by molar-refractivity contribution is -0.154. The number of hydrogen-bond donors (Lipinski definition) is 2. The zero-order chi connectivity index (χ0) is 21.4. The number of carbonyl (C=O) groups excluding carboxylic acids is 2. The molecule has 6 nitrogen and oxygen atoms in total. The molecular weight excluding hydrogens is 401 g/mol. The van der Waals surface area contributed by atoms with Gasteiger partial charge in [0.1, 0.15) is 11.6 Å². The third kappa shape index (κ3) is 7.72. The second kappa shape index (κ2) is 9.80. The highest BCUT2D eigenvalue weighted by atomic mass is 19.4. The van der Waals surface area contributed by atoms with Gasteiger partial charge in [-0.05, 0) is 23.8 Å². The highest BCUT2D eigenvalue weighted by Gasteiger charge is 2.28. The summed E-state index contributed by atoms with van der Waals surface area (Å²) in [5.41, 5.74) is 0.109. The molecule has 156 valence electrons. The summed E-state index contributed by atoms with van der Waals surface area (Å²) in [6, 6.07) is 5.24. The number of carbonyl (C=O) groups is 2. The van der Waals surface area contributed by atoms with E-state index in [0.717, 1.165) is 12.1 Å². The molecule has 0 bridgehead atoms. The molecule has 2 aromatic rings. The van der Waals surface area contributed by atoms with Gasteiger partial charge in [0.15, 0.2) is 6.61 Å². The van der Waals surface area contributed by atoms with E-state index in [4.69, 9.17) is 0 Å². The third-order valence-corrected chi connectivity index (χ3v) is 3.49. The average molecular weight is 417 g/mol. The first kappa shape index (κ1) is 22.1. The lowest BCUT2D eigenvalue weighted by atomic mass is 10.2. The van der Waals surface area contributed by atoms with Crippen molar-refractivity contribution in [1.29, 1.82) is 0 Å². The number of aromatic nitrogens is 1. The number of amides is 2. The molecule has 2 rings (SSSR count). The van der Waals surface area contributed by atoms with Gasteiger partial charge in [0.05, 0.1) is 5.56 Å². The molecular formula is C18H16F5N3O3. The van der Waals surface area contributed by atoms with Gasteiger partial charge in [-0.3, -0.25) is 9.59 Å². The number of ether oxygens (including phenoxy) is 1. The van der Waals surface area contributed by atoms with Gasteiger partial charge in [-0.2, -0.15) is 13.2 Å². The van der Waals surface area contributed by atoms with Crippen LogP contribution < -0.4 is 15.4 Å². The Morgan fingerprint density at radius 3 is 2.52 bits per heavy atom. The van der Waals surface area contributed by atoms with Crippen molar-refractivity contribution in [1.82, 2.24) is 15.6 Å². The number of rotatable bonds is 8. The van der Waals surface area contributed by atoms with Crippen LogP contribution in [-0.4, -0.2) is 36.1 Å². The van der Waals surface area contributed by atoms with E-state index < -0.39 is 36.2 Å². The molecule has 1 aromatic heterocycles. The fraction of sp³-hybridized carbons (Fsp3) is 0.278. The molecule has 0 unspecified atom stereocenters. The maximum atomic E-state index is 13.5. The van der Waals surface area contributed by atoms with E-state index in [1.54, 1.807) is 0 Å². The Bertz CT molecular complexity index is 874. The van der Waals surface area contributed by atoms with Crippen LogP contribution in [0.25, 0.3) is 0 Å². The van der Waals surface area contributed by atoms with Crippen LogP contribution in [0, 0.1) is 11.6 Å². The molecule has 0 saturated heterocycles. The maximum Gasteiger partial charge on any atom is 0.422 e. The maximum absolute atomic E-state index is 13.5. The molecule has 0 aliphatic carbocycles. The van der Waals surface area contributed by atoms with E-state index in [-0.39, 0.29) is 31.0 Å². The zero-order valence-corrected chi connectivity index (χ0v) is 14.9. The van der Waals surface area contributed by atoms with E-state index in [9.17, 15) is 31.5 Å². The van der Waals surface area contributed by atoms with E-state index in [1.807, 2.05) is 0 Å². The van der Waals surface area contributed by atoms with E-state index >= 15 is 0 Å². The van der Waals surface area contributed by atoms with Crippen LogP contribution in [0.1, 0.15) is 22.3 Å². The number of benzene rings is 1. The van der Waals surface area contributed by atoms with Gasteiger partial charge in [-0.1, -0.05) is 0 Å². The fourth-order valence-corrected chi connectivity index (χ4v) is 2.14. The molecule has 0 aliphatic heterocycles. The van der Waals surface area contributed by atoms with Crippen molar-refractivity contribution < 1.29 is 36.3 Å². The molecule has 0 spiro atoms. The Morgan fingerprint density at radius 2 is 1.83 bits per heavy atom. The topological polar surface area (TPSA) is 80.3 Å². The molecule has 1 aromatic carbocycles. The van der Waals surface area contributed by atoms with Gasteiger partial charge < -0.3 is 15.4 Å². The molecule has 0 fully saturated rings. The van der Waals surface area contributed by atoms with Crippen molar-refractivity contribution >= 4 is 11.8 Å².